The fourth-order valence-corrected chi connectivity index (χ4v) is 3.18. The molecule has 6 nitrogen and oxygen atoms in total. The van der Waals surface area contributed by atoms with E-state index >= 15 is 0 Å². The van der Waals surface area contributed by atoms with Gasteiger partial charge in [-0.2, -0.15) is 0 Å². The number of nitrogens with one attached hydrogen (secondary N) is 2. The summed E-state index contributed by atoms with van der Waals surface area (Å²) >= 11 is 1.28. The second-order valence-electron chi connectivity index (χ2n) is 5.56. The van der Waals surface area contributed by atoms with E-state index in [1.54, 1.807) is 11.4 Å². The zero-order valence-electron chi connectivity index (χ0n) is 13.2. The Balaban J connectivity index is 1.63. The summed E-state index contributed by atoms with van der Waals surface area (Å²) in [4.78, 5) is 38.8. The molecule has 0 fully saturated rings. The Morgan fingerprint density at radius 1 is 1.21 bits per heavy atom. The molecule has 3 rings (SSSR count). The summed E-state index contributed by atoms with van der Waals surface area (Å²) in [5, 5.41) is 4.55. The number of hydrogen-bond donors (Lipinski definition) is 2. The fraction of sp³-hybridized carbons (Fsp3) is 0.235. The first-order chi connectivity index (χ1) is 11.5. The van der Waals surface area contributed by atoms with E-state index in [9.17, 15) is 14.4 Å². The lowest BCUT2D eigenvalue weighted by Gasteiger charge is -2.07. The topological polar surface area (TPSA) is 84.0 Å². The van der Waals surface area contributed by atoms with E-state index in [2.05, 4.69) is 10.3 Å². The monoisotopic (exact) mass is 343 g/mol. The Labute approximate surface area is 141 Å². The zero-order valence-corrected chi connectivity index (χ0v) is 14.0. The van der Waals surface area contributed by atoms with Crippen LogP contribution in [0, 0.1) is 6.92 Å². The Kier molecular flexibility index (Phi) is 4.61. The van der Waals surface area contributed by atoms with Gasteiger partial charge in [-0.1, -0.05) is 29.8 Å². The molecular weight excluding hydrogens is 326 g/mol. The molecule has 2 aromatic heterocycles. The van der Waals surface area contributed by atoms with Gasteiger partial charge in [-0.25, -0.2) is 4.79 Å². The van der Waals surface area contributed by atoms with Crippen LogP contribution in [0.4, 0.5) is 0 Å². The lowest BCUT2D eigenvalue weighted by Crippen LogP contribution is -2.36. The van der Waals surface area contributed by atoms with E-state index in [1.807, 2.05) is 31.2 Å². The molecule has 0 aliphatic rings. The van der Waals surface area contributed by atoms with Crippen molar-refractivity contribution in [2.24, 2.45) is 0 Å². The van der Waals surface area contributed by atoms with Crippen LogP contribution in [-0.2, 0) is 17.9 Å². The van der Waals surface area contributed by atoms with Crippen LogP contribution in [0.15, 0.2) is 45.3 Å². The average molecular weight is 343 g/mol. The minimum Gasteiger partial charge on any atom is -0.352 e. The third-order valence-corrected chi connectivity index (χ3v) is 4.67. The molecule has 124 valence electrons. The maximum atomic E-state index is 12.3. The van der Waals surface area contributed by atoms with Gasteiger partial charge in [0, 0.05) is 19.5 Å². The summed E-state index contributed by atoms with van der Waals surface area (Å²) in [6, 6.07) is 9.57. The average Bonchev–Trinajstić information content (AvgIpc) is 3.02. The summed E-state index contributed by atoms with van der Waals surface area (Å²) in [5.74, 6) is -0.201. The van der Waals surface area contributed by atoms with Gasteiger partial charge in [0.15, 0.2) is 0 Å². The highest BCUT2D eigenvalue weighted by molar-refractivity contribution is 7.17. The smallest absolute Gasteiger partial charge is 0.328 e. The van der Waals surface area contributed by atoms with Crippen LogP contribution in [0.2, 0.25) is 0 Å². The number of nitrogens with zero attached hydrogens (tertiary/aromatic N) is 1. The molecule has 0 bridgehead atoms. The Morgan fingerprint density at radius 3 is 2.71 bits per heavy atom. The molecule has 0 aliphatic carbocycles. The van der Waals surface area contributed by atoms with E-state index in [0.717, 1.165) is 15.7 Å². The number of rotatable bonds is 5. The van der Waals surface area contributed by atoms with Gasteiger partial charge in [0.2, 0.25) is 5.91 Å². The van der Waals surface area contributed by atoms with Crippen molar-refractivity contribution in [3.05, 3.63) is 67.7 Å². The number of aryl methyl sites for hydroxylation is 1. The molecule has 0 spiro atoms. The van der Waals surface area contributed by atoms with Crippen molar-refractivity contribution in [2.75, 3.05) is 0 Å². The van der Waals surface area contributed by atoms with Crippen LogP contribution in [0.25, 0.3) is 10.2 Å². The number of carbonyl (C=O) groups excluding carboxylic acids is 1. The largest absolute Gasteiger partial charge is 0.352 e. The number of H-pyrrole nitrogens is 1. The molecule has 0 unspecified atom stereocenters. The Hall–Kier alpha value is -2.67. The quantitative estimate of drug-likeness (QED) is 0.740. The number of aromatic amines is 1. The summed E-state index contributed by atoms with van der Waals surface area (Å²) < 4.78 is 1.57. The van der Waals surface area contributed by atoms with Crippen LogP contribution >= 0.6 is 11.3 Å². The molecule has 3 aromatic rings. The van der Waals surface area contributed by atoms with E-state index in [-0.39, 0.29) is 24.4 Å². The molecule has 1 amide bonds. The Morgan fingerprint density at radius 2 is 1.96 bits per heavy atom. The lowest BCUT2D eigenvalue weighted by atomic mass is 10.1. The van der Waals surface area contributed by atoms with Gasteiger partial charge in [0.1, 0.15) is 4.70 Å². The molecule has 0 atom stereocenters. The summed E-state index contributed by atoms with van der Waals surface area (Å²) in [7, 11) is 0. The molecule has 0 saturated carbocycles. The van der Waals surface area contributed by atoms with Gasteiger partial charge >= 0.3 is 5.69 Å². The predicted octanol–water partition coefficient (Wildman–Crippen LogP) is 1.77. The molecule has 2 heterocycles. The number of carbonyl (C=O) groups is 1. The van der Waals surface area contributed by atoms with Crippen LogP contribution in [0.1, 0.15) is 17.5 Å². The van der Waals surface area contributed by atoms with E-state index in [1.165, 1.54) is 11.3 Å². The fourth-order valence-electron chi connectivity index (χ4n) is 2.38. The van der Waals surface area contributed by atoms with Gasteiger partial charge in [-0.3, -0.25) is 14.2 Å². The van der Waals surface area contributed by atoms with Crippen LogP contribution in [-0.4, -0.2) is 15.5 Å². The number of amides is 1. The number of thiophene rings is 1. The molecule has 24 heavy (non-hydrogen) atoms. The SMILES string of the molecule is Cc1ccc(CNC(=O)CCn2c(=O)[nH]c3ccsc3c2=O)cc1. The highest BCUT2D eigenvalue weighted by Gasteiger charge is 2.10. The van der Waals surface area contributed by atoms with Crippen LogP contribution < -0.4 is 16.6 Å². The first-order valence-corrected chi connectivity index (χ1v) is 8.45. The first-order valence-electron chi connectivity index (χ1n) is 7.57. The normalized spacial score (nSPS) is 10.9. The highest BCUT2D eigenvalue weighted by atomic mass is 32.1. The van der Waals surface area contributed by atoms with Crippen molar-refractivity contribution in [1.82, 2.24) is 14.9 Å². The molecule has 2 N–H and O–H groups in total. The number of benzene rings is 1. The van der Waals surface area contributed by atoms with Gasteiger partial charge in [-0.15, -0.1) is 11.3 Å². The van der Waals surface area contributed by atoms with Gasteiger partial charge < -0.3 is 10.3 Å². The van der Waals surface area contributed by atoms with Crippen molar-refractivity contribution in [2.45, 2.75) is 26.4 Å². The van der Waals surface area contributed by atoms with Crippen molar-refractivity contribution in [3.63, 3.8) is 0 Å². The van der Waals surface area contributed by atoms with Crippen molar-refractivity contribution >= 4 is 27.5 Å². The van der Waals surface area contributed by atoms with Gasteiger partial charge in [-0.05, 0) is 23.9 Å². The maximum absolute atomic E-state index is 12.3. The van der Waals surface area contributed by atoms with Crippen LogP contribution in [0.3, 0.4) is 0 Å². The van der Waals surface area contributed by atoms with Crippen molar-refractivity contribution in [3.8, 4) is 0 Å². The van der Waals surface area contributed by atoms with E-state index in [4.69, 9.17) is 0 Å². The summed E-state index contributed by atoms with van der Waals surface area (Å²) in [6.07, 6.45) is 0.0751. The Bertz CT molecular complexity index is 983. The number of hydrogen-bond acceptors (Lipinski definition) is 4. The standard InChI is InChI=1S/C17H17N3O3S/c1-11-2-4-12(5-3-11)10-18-14(21)6-8-20-16(22)15-13(7-9-24-15)19-17(20)23/h2-5,7,9H,6,8,10H2,1H3,(H,18,21)(H,19,23). The van der Waals surface area contributed by atoms with Gasteiger partial charge in [0.25, 0.3) is 5.56 Å². The molecule has 1 aromatic carbocycles. The highest BCUT2D eigenvalue weighted by Crippen LogP contribution is 2.12. The molecule has 0 aliphatic heterocycles. The second-order valence-corrected chi connectivity index (χ2v) is 6.48. The number of fused-ring (bicyclic) bond motifs is 1. The second kappa shape index (κ2) is 6.84. The first kappa shape index (κ1) is 16.2. The molecule has 0 radical (unpaired) electrons. The zero-order chi connectivity index (χ0) is 17.1. The third kappa shape index (κ3) is 3.46. The van der Waals surface area contributed by atoms with Crippen LogP contribution in [0.5, 0.6) is 0 Å². The minimum absolute atomic E-state index is 0.0573. The maximum Gasteiger partial charge on any atom is 0.328 e. The third-order valence-electron chi connectivity index (χ3n) is 3.76. The minimum atomic E-state index is -0.489. The lowest BCUT2D eigenvalue weighted by molar-refractivity contribution is -0.121. The summed E-state index contributed by atoms with van der Waals surface area (Å²) in [5.41, 5.74) is 1.86. The van der Waals surface area contributed by atoms with Crippen molar-refractivity contribution in [1.29, 1.82) is 0 Å². The van der Waals surface area contributed by atoms with Crippen molar-refractivity contribution < 1.29 is 4.79 Å². The molecule has 0 saturated heterocycles. The number of aromatic nitrogens is 2. The molecular formula is C17H17N3O3S. The molecule has 7 heteroatoms. The predicted molar refractivity (Wildman–Crippen MR) is 94.3 cm³/mol. The van der Waals surface area contributed by atoms with Gasteiger partial charge in [0.05, 0.1) is 5.52 Å². The van der Waals surface area contributed by atoms with E-state index < -0.39 is 5.69 Å². The van der Waals surface area contributed by atoms with E-state index in [0.29, 0.717) is 16.8 Å². The summed E-state index contributed by atoms with van der Waals surface area (Å²) in [6.45, 7) is 2.48.